The zero-order valence-electron chi connectivity index (χ0n) is 10.1. The maximum Gasteiger partial charge on any atom is 0.115 e. The molecule has 0 atom stereocenters. The summed E-state index contributed by atoms with van der Waals surface area (Å²) in [5.41, 5.74) is 0. The molecule has 0 aliphatic carbocycles. The Morgan fingerprint density at radius 3 is 1.00 bits per heavy atom. The first-order valence-corrected chi connectivity index (χ1v) is 5.09. The maximum atomic E-state index is 8.63. The number of ether oxygens (including phenoxy) is 1. The van der Waals surface area contributed by atoms with E-state index in [2.05, 4.69) is 4.74 Å². The first-order valence-electron chi connectivity index (χ1n) is 5.09. The molecule has 2 aromatic carbocycles. The number of hydrogen-bond donors (Lipinski definition) is 2. The number of para-hydroxylation sites is 2. The summed E-state index contributed by atoms with van der Waals surface area (Å²) in [6.07, 6.45) is 0. The number of hydrogen-bond acceptors (Lipinski definition) is 3. The normalized spacial score (nSPS) is 8.12. The van der Waals surface area contributed by atoms with Gasteiger partial charge in [0.25, 0.3) is 0 Å². The molecule has 17 heavy (non-hydrogen) atoms. The molecule has 2 rings (SSSR count). The summed E-state index contributed by atoms with van der Waals surface area (Å²) in [5, 5.41) is 17.3. The van der Waals surface area contributed by atoms with E-state index in [0.717, 1.165) is 0 Å². The maximum absolute atomic E-state index is 8.63. The summed E-state index contributed by atoms with van der Waals surface area (Å²) >= 11 is 0. The van der Waals surface area contributed by atoms with Crippen molar-refractivity contribution in [3.05, 3.63) is 60.7 Å². The molecule has 0 unspecified atom stereocenters. The average molecular weight is 234 g/mol. The van der Waals surface area contributed by atoms with E-state index in [-0.39, 0.29) is 0 Å². The SMILES string of the molecule is COC.Oc1ccccc1.Oc1ccccc1. The van der Waals surface area contributed by atoms with E-state index in [4.69, 9.17) is 10.2 Å². The van der Waals surface area contributed by atoms with Crippen LogP contribution in [0.4, 0.5) is 0 Å². The van der Waals surface area contributed by atoms with Gasteiger partial charge in [-0.3, -0.25) is 0 Å². The third-order valence-corrected chi connectivity index (χ3v) is 1.51. The second-order valence-electron chi connectivity index (χ2n) is 3.08. The number of benzene rings is 2. The Kier molecular flexibility index (Phi) is 9.28. The molecule has 0 heterocycles. The third kappa shape index (κ3) is 10.3. The van der Waals surface area contributed by atoms with Crippen LogP contribution in [-0.4, -0.2) is 24.4 Å². The van der Waals surface area contributed by atoms with Crippen LogP contribution in [0, 0.1) is 0 Å². The number of phenolic OH excluding ortho intramolecular Hbond substituents is 2. The monoisotopic (exact) mass is 234 g/mol. The van der Waals surface area contributed by atoms with Crippen molar-refractivity contribution in [2.45, 2.75) is 0 Å². The molecule has 0 radical (unpaired) electrons. The van der Waals surface area contributed by atoms with Gasteiger partial charge in [0.1, 0.15) is 11.5 Å². The zero-order chi connectivity index (χ0) is 12.9. The van der Waals surface area contributed by atoms with E-state index in [1.807, 2.05) is 12.1 Å². The molecule has 0 aliphatic heterocycles. The molecule has 2 aromatic rings. The molecule has 0 aromatic heterocycles. The van der Waals surface area contributed by atoms with Crippen LogP contribution in [0.1, 0.15) is 0 Å². The van der Waals surface area contributed by atoms with E-state index in [9.17, 15) is 0 Å². The minimum atomic E-state index is 0.322. The summed E-state index contributed by atoms with van der Waals surface area (Å²) in [5.74, 6) is 0.644. The molecule has 3 heteroatoms. The lowest BCUT2D eigenvalue weighted by Crippen LogP contribution is -1.56. The fourth-order valence-electron chi connectivity index (χ4n) is 0.856. The smallest absolute Gasteiger partial charge is 0.115 e. The molecule has 2 N–H and O–H groups in total. The Hall–Kier alpha value is -2.00. The van der Waals surface area contributed by atoms with Gasteiger partial charge in [-0.15, -0.1) is 0 Å². The van der Waals surface area contributed by atoms with Crippen LogP contribution in [0.2, 0.25) is 0 Å². The molecule has 0 amide bonds. The van der Waals surface area contributed by atoms with Crippen molar-refractivity contribution in [1.82, 2.24) is 0 Å². The van der Waals surface area contributed by atoms with E-state index in [0.29, 0.717) is 11.5 Å². The minimum Gasteiger partial charge on any atom is -0.508 e. The molecule has 0 spiro atoms. The molecule has 0 aliphatic rings. The predicted octanol–water partition coefficient (Wildman–Crippen LogP) is 3.05. The van der Waals surface area contributed by atoms with Gasteiger partial charge in [0.2, 0.25) is 0 Å². The van der Waals surface area contributed by atoms with Gasteiger partial charge in [-0.2, -0.15) is 0 Å². The van der Waals surface area contributed by atoms with Gasteiger partial charge in [0.15, 0.2) is 0 Å². The first kappa shape index (κ1) is 15.0. The van der Waals surface area contributed by atoms with Crippen LogP contribution < -0.4 is 0 Å². The summed E-state index contributed by atoms with van der Waals surface area (Å²) in [6.45, 7) is 0. The Morgan fingerprint density at radius 1 is 0.647 bits per heavy atom. The number of aromatic hydroxyl groups is 2. The Labute approximate surface area is 102 Å². The van der Waals surface area contributed by atoms with Crippen LogP contribution >= 0.6 is 0 Å². The quantitative estimate of drug-likeness (QED) is 0.736. The number of phenols is 2. The lowest BCUT2D eigenvalue weighted by molar-refractivity contribution is 0.277. The summed E-state index contributed by atoms with van der Waals surface area (Å²) in [6, 6.07) is 17.4. The van der Waals surface area contributed by atoms with Gasteiger partial charge >= 0.3 is 0 Å². The van der Waals surface area contributed by atoms with Crippen molar-refractivity contribution >= 4 is 0 Å². The predicted molar refractivity (Wildman–Crippen MR) is 69.1 cm³/mol. The molecule has 0 saturated carbocycles. The lowest BCUT2D eigenvalue weighted by atomic mass is 10.3. The average Bonchev–Trinajstić information content (AvgIpc) is 2.33. The van der Waals surface area contributed by atoms with E-state index >= 15 is 0 Å². The molecular formula is C14H18O3. The van der Waals surface area contributed by atoms with Gasteiger partial charge < -0.3 is 14.9 Å². The summed E-state index contributed by atoms with van der Waals surface area (Å²) < 4.78 is 4.25. The summed E-state index contributed by atoms with van der Waals surface area (Å²) in [4.78, 5) is 0. The highest BCUT2D eigenvalue weighted by molar-refractivity contribution is 5.19. The fourth-order valence-corrected chi connectivity index (χ4v) is 0.856. The second-order valence-corrected chi connectivity index (χ2v) is 3.08. The molecule has 0 fully saturated rings. The van der Waals surface area contributed by atoms with Crippen LogP contribution in [0.25, 0.3) is 0 Å². The number of methoxy groups -OCH3 is 1. The molecule has 0 bridgehead atoms. The zero-order valence-corrected chi connectivity index (χ0v) is 10.1. The van der Waals surface area contributed by atoms with Gasteiger partial charge in [0.05, 0.1) is 0 Å². The number of rotatable bonds is 0. The molecule has 3 nitrogen and oxygen atoms in total. The van der Waals surface area contributed by atoms with Crippen molar-refractivity contribution in [2.24, 2.45) is 0 Å². The lowest BCUT2D eigenvalue weighted by Gasteiger charge is -1.82. The van der Waals surface area contributed by atoms with Gasteiger partial charge in [-0.25, -0.2) is 0 Å². The van der Waals surface area contributed by atoms with Crippen molar-refractivity contribution in [1.29, 1.82) is 0 Å². The van der Waals surface area contributed by atoms with Gasteiger partial charge in [-0.05, 0) is 24.3 Å². The van der Waals surface area contributed by atoms with E-state index in [1.54, 1.807) is 62.8 Å². The Balaban J connectivity index is 0.000000247. The minimum absolute atomic E-state index is 0.322. The van der Waals surface area contributed by atoms with E-state index < -0.39 is 0 Å². The molecule has 0 saturated heterocycles. The van der Waals surface area contributed by atoms with Crippen LogP contribution in [0.5, 0.6) is 11.5 Å². The van der Waals surface area contributed by atoms with Crippen molar-refractivity contribution in [2.75, 3.05) is 14.2 Å². The highest BCUT2D eigenvalue weighted by Gasteiger charge is 1.75. The van der Waals surface area contributed by atoms with Crippen molar-refractivity contribution in [3.63, 3.8) is 0 Å². The van der Waals surface area contributed by atoms with Crippen molar-refractivity contribution < 1.29 is 14.9 Å². The third-order valence-electron chi connectivity index (χ3n) is 1.51. The first-order chi connectivity index (χ1) is 8.20. The van der Waals surface area contributed by atoms with Crippen LogP contribution in [-0.2, 0) is 4.74 Å². The van der Waals surface area contributed by atoms with E-state index in [1.165, 1.54) is 0 Å². The Bertz CT molecular complexity index is 322. The molecular weight excluding hydrogens is 216 g/mol. The summed E-state index contributed by atoms with van der Waals surface area (Å²) in [7, 11) is 3.25. The fraction of sp³-hybridized carbons (Fsp3) is 0.143. The standard InChI is InChI=1S/2C6H6O.C2H6O/c2*7-6-4-2-1-3-5-6;1-3-2/h2*1-5,7H;1-2H3. The van der Waals surface area contributed by atoms with Gasteiger partial charge in [0, 0.05) is 14.2 Å². The van der Waals surface area contributed by atoms with Gasteiger partial charge in [-0.1, -0.05) is 36.4 Å². The highest BCUT2D eigenvalue weighted by Crippen LogP contribution is 2.03. The largest absolute Gasteiger partial charge is 0.508 e. The van der Waals surface area contributed by atoms with Crippen LogP contribution in [0.15, 0.2) is 60.7 Å². The van der Waals surface area contributed by atoms with Crippen LogP contribution in [0.3, 0.4) is 0 Å². The topological polar surface area (TPSA) is 49.7 Å². The molecule has 92 valence electrons. The Morgan fingerprint density at radius 2 is 0.882 bits per heavy atom. The second kappa shape index (κ2) is 10.5. The highest BCUT2D eigenvalue weighted by atomic mass is 16.4. The van der Waals surface area contributed by atoms with Crippen molar-refractivity contribution in [3.8, 4) is 11.5 Å².